The van der Waals surface area contributed by atoms with Gasteiger partial charge < -0.3 is 9.47 Å². The largest absolute Gasteiger partial charge is 0.481 e. The maximum Gasteiger partial charge on any atom is 0.343 e. The van der Waals surface area contributed by atoms with Crippen molar-refractivity contribution in [1.82, 2.24) is 0 Å². The van der Waals surface area contributed by atoms with Crippen LogP contribution in [0.25, 0.3) is 0 Å². The fourth-order valence-corrected chi connectivity index (χ4v) is 1.84. The van der Waals surface area contributed by atoms with E-state index in [0.29, 0.717) is 16.9 Å². The van der Waals surface area contributed by atoms with Crippen molar-refractivity contribution in [2.24, 2.45) is 0 Å². The zero-order chi connectivity index (χ0) is 15.2. The Morgan fingerprint density at radius 3 is 2.33 bits per heavy atom. The van der Waals surface area contributed by atoms with Crippen molar-refractivity contribution < 1.29 is 19.1 Å². The Hall–Kier alpha value is -2.62. The standard InChI is InChI=1S/C17H16O4/c1-12-7-9-13(10-8-12)17(19)14-5-3-4-6-15(14)21-11-16(18)20-2/h3-10H,11H2,1-2H3. The lowest BCUT2D eigenvalue weighted by Crippen LogP contribution is -2.14. The van der Waals surface area contributed by atoms with Crippen LogP contribution in [0.4, 0.5) is 0 Å². The zero-order valence-corrected chi connectivity index (χ0v) is 12.0. The van der Waals surface area contributed by atoms with E-state index in [9.17, 15) is 9.59 Å². The van der Waals surface area contributed by atoms with Crippen LogP contribution in [0, 0.1) is 6.92 Å². The Morgan fingerprint density at radius 2 is 1.67 bits per heavy atom. The zero-order valence-electron chi connectivity index (χ0n) is 12.0. The fourth-order valence-electron chi connectivity index (χ4n) is 1.84. The van der Waals surface area contributed by atoms with E-state index in [2.05, 4.69) is 4.74 Å². The molecule has 2 rings (SSSR count). The molecule has 0 spiro atoms. The number of para-hydroxylation sites is 1. The molecule has 0 heterocycles. The van der Waals surface area contributed by atoms with Crippen LogP contribution in [-0.4, -0.2) is 25.5 Å². The van der Waals surface area contributed by atoms with Crippen molar-refractivity contribution in [2.75, 3.05) is 13.7 Å². The lowest BCUT2D eigenvalue weighted by atomic mass is 10.0. The van der Waals surface area contributed by atoms with E-state index in [1.807, 2.05) is 19.1 Å². The molecule has 0 saturated carbocycles. The molecule has 0 aliphatic rings. The predicted octanol–water partition coefficient (Wildman–Crippen LogP) is 2.78. The minimum atomic E-state index is -0.493. The highest BCUT2D eigenvalue weighted by molar-refractivity contribution is 6.10. The molecule has 0 atom stereocenters. The van der Waals surface area contributed by atoms with Crippen LogP contribution in [0.3, 0.4) is 0 Å². The monoisotopic (exact) mass is 284 g/mol. The number of carbonyl (C=O) groups excluding carboxylic acids is 2. The Labute approximate surface area is 123 Å². The topological polar surface area (TPSA) is 52.6 Å². The first-order valence-electron chi connectivity index (χ1n) is 6.52. The minimum absolute atomic E-state index is 0.143. The molecule has 108 valence electrons. The van der Waals surface area contributed by atoms with Gasteiger partial charge in [0.05, 0.1) is 12.7 Å². The Kier molecular flexibility index (Phi) is 4.72. The van der Waals surface area contributed by atoms with E-state index in [1.165, 1.54) is 7.11 Å². The number of carbonyl (C=O) groups is 2. The normalized spacial score (nSPS) is 10.0. The summed E-state index contributed by atoms with van der Waals surface area (Å²) in [5, 5.41) is 0. The Bertz CT molecular complexity index is 644. The average Bonchev–Trinajstić information content (AvgIpc) is 2.53. The maximum absolute atomic E-state index is 12.5. The first kappa shape index (κ1) is 14.8. The summed E-state index contributed by atoms with van der Waals surface area (Å²) in [6.07, 6.45) is 0. The highest BCUT2D eigenvalue weighted by atomic mass is 16.6. The average molecular weight is 284 g/mol. The van der Waals surface area contributed by atoms with Gasteiger partial charge in [0, 0.05) is 5.56 Å². The molecular formula is C17H16O4. The van der Waals surface area contributed by atoms with Crippen molar-refractivity contribution in [3.05, 3.63) is 65.2 Å². The van der Waals surface area contributed by atoms with Gasteiger partial charge in [0.2, 0.25) is 0 Å². The molecule has 2 aromatic rings. The van der Waals surface area contributed by atoms with Crippen LogP contribution in [0.15, 0.2) is 48.5 Å². The van der Waals surface area contributed by atoms with Crippen LogP contribution in [-0.2, 0) is 9.53 Å². The number of benzene rings is 2. The third kappa shape index (κ3) is 3.69. The van der Waals surface area contributed by atoms with Crippen LogP contribution < -0.4 is 4.74 Å². The van der Waals surface area contributed by atoms with E-state index in [1.54, 1.807) is 36.4 Å². The van der Waals surface area contributed by atoms with E-state index >= 15 is 0 Å². The third-order valence-electron chi connectivity index (χ3n) is 3.02. The molecule has 4 nitrogen and oxygen atoms in total. The van der Waals surface area contributed by atoms with Gasteiger partial charge in [-0.15, -0.1) is 0 Å². The molecule has 0 radical (unpaired) electrons. The van der Waals surface area contributed by atoms with Gasteiger partial charge in [-0.3, -0.25) is 4.79 Å². The molecule has 0 fully saturated rings. The number of aryl methyl sites for hydroxylation is 1. The number of esters is 1. The van der Waals surface area contributed by atoms with E-state index in [0.717, 1.165) is 5.56 Å². The number of rotatable bonds is 5. The van der Waals surface area contributed by atoms with Gasteiger partial charge >= 0.3 is 5.97 Å². The number of hydrogen-bond donors (Lipinski definition) is 0. The first-order valence-corrected chi connectivity index (χ1v) is 6.52. The SMILES string of the molecule is COC(=O)COc1ccccc1C(=O)c1ccc(C)cc1. The molecule has 0 unspecified atom stereocenters. The minimum Gasteiger partial charge on any atom is -0.481 e. The molecule has 0 amide bonds. The molecule has 0 aliphatic heterocycles. The highest BCUT2D eigenvalue weighted by Gasteiger charge is 2.15. The molecule has 0 bridgehead atoms. The lowest BCUT2D eigenvalue weighted by molar-refractivity contribution is -0.142. The van der Waals surface area contributed by atoms with Gasteiger partial charge in [-0.05, 0) is 19.1 Å². The quantitative estimate of drug-likeness (QED) is 0.626. The van der Waals surface area contributed by atoms with Crippen LogP contribution in [0.1, 0.15) is 21.5 Å². The van der Waals surface area contributed by atoms with Crippen molar-refractivity contribution in [3.8, 4) is 5.75 Å². The second-order valence-electron chi connectivity index (χ2n) is 4.56. The van der Waals surface area contributed by atoms with Gasteiger partial charge in [0.1, 0.15) is 5.75 Å². The second kappa shape index (κ2) is 6.70. The van der Waals surface area contributed by atoms with Crippen molar-refractivity contribution in [1.29, 1.82) is 0 Å². The van der Waals surface area contributed by atoms with Gasteiger partial charge in [0.25, 0.3) is 0 Å². The summed E-state index contributed by atoms with van der Waals surface area (Å²) in [7, 11) is 1.29. The molecule has 2 aromatic carbocycles. The summed E-state index contributed by atoms with van der Waals surface area (Å²) in [6, 6.07) is 14.1. The number of methoxy groups -OCH3 is 1. The first-order chi connectivity index (χ1) is 10.1. The molecular weight excluding hydrogens is 268 g/mol. The molecule has 0 aliphatic carbocycles. The van der Waals surface area contributed by atoms with E-state index in [-0.39, 0.29) is 12.4 Å². The van der Waals surface area contributed by atoms with Gasteiger partial charge in [-0.1, -0.05) is 42.0 Å². The summed E-state index contributed by atoms with van der Waals surface area (Å²) in [6.45, 7) is 1.73. The van der Waals surface area contributed by atoms with Gasteiger partial charge in [-0.2, -0.15) is 0 Å². The van der Waals surface area contributed by atoms with Gasteiger partial charge in [0.15, 0.2) is 12.4 Å². The highest BCUT2D eigenvalue weighted by Crippen LogP contribution is 2.21. The smallest absolute Gasteiger partial charge is 0.343 e. The van der Waals surface area contributed by atoms with Crippen LogP contribution >= 0.6 is 0 Å². The van der Waals surface area contributed by atoms with E-state index in [4.69, 9.17) is 4.74 Å². The summed E-state index contributed by atoms with van der Waals surface area (Å²) in [5.74, 6) is -0.267. The Morgan fingerprint density at radius 1 is 1.00 bits per heavy atom. The predicted molar refractivity (Wildman–Crippen MR) is 78.6 cm³/mol. The number of ketones is 1. The number of ether oxygens (including phenoxy) is 2. The van der Waals surface area contributed by atoms with Crippen molar-refractivity contribution >= 4 is 11.8 Å². The summed E-state index contributed by atoms with van der Waals surface area (Å²) in [4.78, 5) is 23.6. The summed E-state index contributed by atoms with van der Waals surface area (Å²) < 4.78 is 9.88. The molecule has 0 aromatic heterocycles. The third-order valence-corrected chi connectivity index (χ3v) is 3.02. The van der Waals surface area contributed by atoms with E-state index < -0.39 is 5.97 Å². The Balaban J connectivity index is 2.24. The lowest BCUT2D eigenvalue weighted by Gasteiger charge is -2.10. The second-order valence-corrected chi connectivity index (χ2v) is 4.56. The van der Waals surface area contributed by atoms with Crippen LogP contribution in [0.5, 0.6) is 5.75 Å². The summed E-state index contributed by atoms with van der Waals surface area (Å²) >= 11 is 0. The van der Waals surface area contributed by atoms with Crippen molar-refractivity contribution in [3.63, 3.8) is 0 Å². The van der Waals surface area contributed by atoms with Gasteiger partial charge in [-0.25, -0.2) is 4.79 Å². The summed E-state index contributed by atoms with van der Waals surface area (Å²) in [5.41, 5.74) is 2.08. The molecule has 0 N–H and O–H groups in total. The number of hydrogen-bond acceptors (Lipinski definition) is 4. The fraction of sp³-hybridized carbons (Fsp3) is 0.176. The van der Waals surface area contributed by atoms with Crippen molar-refractivity contribution in [2.45, 2.75) is 6.92 Å². The molecule has 21 heavy (non-hydrogen) atoms. The maximum atomic E-state index is 12.5. The molecule has 0 saturated heterocycles. The molecule has 4 heteroatoms. The van der Waals surface area contributed by atoms with Crippen LogP contribution in [0.2, 0.25) is 0 Å².